The number of rotatable bonds is 7. The number of methoxy groups -OCH3 is 2. The van der Waals surface area contributed by atoms with E-state index in [-0.39, 0.29) is 22.8 Å². The Hall–Kier alpha value is -2.73. The highest BCUT2D eigenvalue weighted by Gasteiger charge is 2.25. The molecule has 1 saturated heterocycles. The third-order valence-electron chi connectivity index (χ3n) is 4.79. The van der Waals surface area contributed by atoms with Crippen molar-refractivity contribution in [1.82, 2.24) is 4.90 Å². The molecule has 6 heteroatoms. The number of ether oxygens (including phenoxy) is 2. The lowest BCUT2D eigenvalue weighted by Crippen LogP contribution is -2.29. The lowest BCUT2D eigenvalue weighted by Gasteiger charge is -2.28. The summed E-state index contributed by atoms with van der Waals surface area (Å²) in [6, 6.07) is 5.15. The Bertz CT molecular complexity index is 804. The van der Waals surface area contributed by atoms with E-state index < -0.39 is 0 Å². The largest absolute Gasteiger partial charge is 0.507 e. The number of likely N-dealkylation sites (tertiary alicyclic amines) is 1. The molecule has 0 atom stereocenters. The Kier molecular flexibility index (Phi) is 6.19. The number of nitrogens with zero attached hydrogens (tertiary/aromatic N) is 1. The summed E-state index contributed by atoms with van der Waals surface area (Å²) in [5.74, 6) is 0.903. The van der Waals surface area contributed by atoms with Gasteiger partial charge in [0.05, 0.1) is 26.0 Å². The molecule has 2 aromatic rings. The first-order valence-corrected chi connectivity index (χ1v) is 9.09. The van der Waals surface area contributed by atoms with E-state index in [1.165, 1.54) is 25.9 Å². The number of phenols is 1. The predicted octanol–water partition coefficient (Wildman–Crippen LogP) is 3.88. The van der Waals surface area contributed by atoms with Gasteiger partial charge in [-0.2, -0.15) is 0 Å². The predicted molar refractivity (Wildman–Crippen MR) is 102 cm³/mol. The van der Waals surface area contributed by atoms with Crippen molar-refractivity contribution >= 4 is 11.9 Å². The lowest BCUT2D eigenvalue weighted by molar-refractivity contribution is 0.104. The average Bonchev–Trinajstić information content (AvgIpc) is 3.21. The zero-order valence-electron chi connectivity index (χ0n) is 15.7. The quantitative estimate of drug-likeness (QED) is 0.588. The van der Waals surface area contributed by atoms with Gasteiger partial charge in [0.1, 0.15) is 28.6 Å². The van der Waals surface area contributed by atoms with Crippen molar-refractivity contribution in [3.63, 3.8) is 0 Å². The summed E-state index contributed by atoms with van der Waals surface area (Å²) in [5, 5.41) is 10.9. The summed E-state index contributed by atoms with van der Waals surface area (Å²) in [5.41, 5.74) is 0.739. The Balaban J connectivity index is 1.95. The Morgan fingerprint density at radius 3 is 2.59 bits per heavy atom. The van der Waals surface area contributed by atoms with Gasteiger partial charge in [-0.05, 0) is 50.2 Å². The molecule has 1 aromatic carbocycles. The second-order valence-corrected chi connectivity index (χ2v) is 6.53. The monoisotopic (exact) mass is 371 g/mol. The van der Waals surface area contributed by atoms with E-state index in [0.29, 0.717) is 23.6 Å². The number of benzene rings is 1. The summed E-state index contributed by atoms with van der Waals surface area (Å²) in [7, 11) is 3.01. The SMILES string of the molecule is COc1cc(OC)c(C(=O)/C=C/c2ccco2)c(O)c1CN1CCCCC1. The van der Waals surface area contributed by atoms with E-state index >= 15 is 0 Å². The van der Waals surface area contributed by atoms with E-state index in [9.17, 15) is 9.90 Å². The molecule has 0 radical (unpaired) electrons. The van der Waals surface area contributed by atoms with Gasteiger partial charge in [-0.25, -0.2) is 0 Å². The van der Waals surface area contributed by atoms with E-state index in [1.54, 1.807) is 31.4 Å². The lowest BCUT2D eigenvalue weighted by atomic mass is 10.0. The van der Waals surface area contributed by atoms with Gasteiger partial charge in [0.25, 0.3) is 0 Å². The zero-order valence-corrected chi connectivity index (χ0v) is 15.7. The van der Waals surface area contributed by atoms with Gasteiger partial charge >= 0.3 is 0 Å². The van der Waals surface area contributed by atoms with Crippen LogP contribution in [0.25, 0.3) is 6.08 Å². The minimum absolute atomic E-state index is 0.0918. The maximum Gasteiger partial charge on any atom is 0.193 e. The van der Waals surface area contributed by atoms with Crippen molar-refractivity contribution in [2.75, 3.05) is 27.3 Å². The molecule has 0 unspecified atom stereocenters. The molecule has 2 heterocycles. The highest BCUT2D eigenvalue weighted by atomic mass is 16.5. The molecule has 6 nitrogen and oxygen atoms in total. The van der Waals surface area contributed by atoms with Crippen LogP contribution in [0.4, 0.5) is 0 Å². The van der Waals surface area contributed by atoms with E-state index in [0.717, 1.165) is 25.9 Å². The molecule has 0 bridgehead atoms. The number of hydrogen-bond acceptors (Lipinski definition) is 6. The molecular formula is C21H25NO5. The first-order valence-electron chi connectivity index (χ1n) is 9.09. The first kappa shape index (κ1) is 19.0. The third-order valence-corrected chi connectivity index (χ3v) is 4.79. The van der Waals surface area contributed by atoms with Crippen LogP contribution in [0.5, 0.6) is 17.2 Å². The van der Waals surface area contributed by atoms with Gasteiger partial charge < -0.3 is 19.0 Å². The number of furan rings is 1. The van der Waals surface area contributed by atoms with Crippen LogP contribution in [-0.2, 0) is 6.54 Å². The maximum atomic E-state index is 12.8. The molecule has 0 saturated carbocycles. The van der Waals surface area contributed by atoms with Crippen LogP contribution in [0, 0.1) is 0 Å². The summed E-state index contributed by atoms with van der Waals surface area (Å²) >= 11 is 0. The Morgan fingerprint density at radius 1 is 1.22 bits per heavy atom. The highest BCUT2D eigenvalue weighted by Crippen LogP contribution is 2.40. The molecule has 27 heavy (non-hydrogen) atoms. The fourth-order valence-electron chi connectivity index (χ4n) is 3.37. The number of allylic oxidation sites excluding steroid dienone is 1. The van der Waals surface area contributed by atoms with E-state index in [1.807, 2.05) is 0 Å². The average molecular weight is 371 g/mol. The molecular weight excluding hydrogens is 346 g/mol. The zero-order chi connectivity index (χ0) is 19.2. The Morgan fingerprint density at radius 2 is 1.96 bits per heavy atom. The topological polar surface area (TPSA) is 72.1 Å². The van der Waals surface area contributed by atoms with Crippen LogP contribution in [0.2, 0.25) is 0 Å². The molecule has 1 fully saturated rings. The summed E-state index contributed by atoms with van der Waals surface area (Å²) in [4.78, 5) is 15.0. The molecule has 0 spiro atoms. The van der Waals surface area contributed by atoms with Crippen molar-refractivity contribution in [1.29, 1.82) is 0 Å². The Labute approximate surface area is 159 Å². The van der Waals surface area contributed by atoms with Crippen LogP contribution in [-0.4, -0.2) is 43.1 Å². The minimum Gasteiger partial charge on any atom is -0.507 e. The number of piperidine rings is 1. The number of ketones is 1. The van der Waals surface area contributed by atoms with Gasteiger partial charge in [0.2, 0.25) is 0 Å². The van der Waals surface area contributed by atoms with Crippen LogP contribution in [0.1, 0.15) is 40.9 Å². The van der Waals surface area contributed by atoms with Gasteiger partial charge in [-0.3, -0.25) is 9.69 Å². The number of carbonyl (C=O) groups excluding carboxylic acids is 1. The summed E-state index contributed by atoms with van der Waals surface area (Å²) < 4.78 is 16.0. The number of carbonyl (C=O) groups is 1. The first-order chi connectivity index (χ1) is 13.1. The van der Waals surface area contributed by atoms with Gasteiger partial charge in [0.15, 0.2) is 5.78 Å². The van der Waals surface area contributed by atoms with Crippen molar-refractivity contribution in [3.8, 4) is 17.2 Å². The number of phenolic OH excluding ortho intramolecular Hbond substituents is 1. The molecule has 1 aromatic heterocycles. The smallest absolute Gasteiger partial charge is 0.193 e. The standard InChI is InChI=1S/C21H25NO5/c1-25-18-13-19(26-2)20(17(23)9-8-15-7-6-12-27-15)21(24)16(18)14-22-10-4-3-5-11-22/h6-9,12-13,24H,3-5,10-11,14H2,1-2H3/b9-8+. The van der Waals surface area contributed by atoms with Crippen LogP contribution < -0.4 is 9.47 Å². The fraction of sp³-hybridized carbons (Fsp3) is 0.381. The number of hydrogen-bond donors (Lipinski definition) is 1. The van der Waals surface area contributed by atoms with Crippen LogP contribution in [0.3, 0.4) is 0 Å². The van der Waals surface area contributed by atoms with Gasteiger partial charge in [0, 0.05) is 12.6 Å². The second kappa shape index (κ2) is 8.77. The van der Waals surface area contributed by atoms with Crippen molar-refractivity contribution < 1.29 is 23.8 Å². The van der Waals surface area contributed by atoms with Crippen molar-refractivity contribution in [2.24, 2.45) is 0 Å². The number of aromatic hydroxyl groups is 1. The third kappa shape index (κ3) is 4.34. The van der Waals surface area contributed by atoms with Crippen molar-refractivity contribution in [2.45, 2.75) is 25.8 Å². The van der Waals surface area contributed by atoms with E-state index in [4.69, 9.17) is 13.9 Å². The second-order valence-electron chi connectivity index (χ2n) is 6.53. The molecule has 3 rings (SSSR count). The maximum absolute atomic E-state index is 12.8. The van der Waals surface area contributed by atoms with Gasteiger partial charge in [-0.15, -0.1) is 0 Å². The normalized spacial score (nSPS) is 15.2. The molecule has 1 aliphatic heterocycles. The minimum atomic E-state index is -0.358. The molecule has 0 amide bonds. The van der Waals surface area contributed by atoms with E-state index in [2.05, 4.69) is 4.90 Å². The van der Waals surface area contributed by atoms with Gasteiger partial charge in [-0.1, -0.05) is 6.42 Å². The molecule has 1 N–H and O–H groups in total. The summed E-state index contributed by atoms with van der Waals surface area (Å²) in [6.07, 6.45) is 7.97. The van der Waals surface area contributed by atoms with Crippen molar-refractivity contribution in [3.05, 3.63) is 47.4 Å². The van der Waals surface area contributed by atoms with Crippen LogP contribution >= 0.6 is 0 Å². The highest BCUT2D eigenvalue weighted by molar-refractivity contribution is 6.10. The molecule has 1 aliphatic rings. The molecule has 0 aliphatic carbocycles. The fourth-order valence-corrected chi connectivity index (χ4v) is 3.37. The molecule has 144 valence electrons. The summed E-state index contributed by atoms with van der Waals surface area (Å²) in [6.45, 7) is 2.47. The van der Waals surface area contributed by atoms with Crippen LogP contribution in [0.15, 0.2) is 35.0 Å².